The van der Waals surface area contributed by atoms with E-state index < -0.39 is 12.6 Å². The first kappa shape index (κ1) is 15.8. The summed E-state index contributed by atoms with van der Waals surface area (Å²) in [6.07, 6.45) is -0.144. The summed E-state index contributed by atoms with van der Waals surface area (Å²) in [6.45, 7) is 4.03. The number of hydrogen-bond acceptors (Lipinski definition) is 2. The van der Waals surface area contributed by atoms with Gasteiger partial charge in [-0.15, -0.1) is 0 Å². The fourth-order valence-corrected chi connectivity index (χ4v) is 2.66. The zero-order valence-electron chi connectivity index (χ0n) is 11.4. The molecular formula is C13H25F3N2. The van der Waals surface area contributed by atoms with E-state index in [1.54, 1.807) is 7.05 Å². The van der Waals surface area contributed by atoms with Crippen LogP contribution in [0.5, 0.6) is 0 Å². The Hall–Kier alpha value is -0.290. The van der Waals surface area contributed by atoms with E-state index in [0.29, 0.717) is 12.0 Å². The van der Waals surface area contributed by atoms with Crippen LogP contribution in [0.4, 0.5) is 13.2 Å². The monoisotopic (exact) mass is 266 g/mol. The number of alkyl halides is 3. The van der Waals surface area contributed by atoms with E-state index in [9.17, 15) is 13.2 Å². The van der Waals surface area contributed by atoms with Crippen molar-refractivity contribution in [3.05, 3.63) is 0 Å². The van der Waals surface area contributed by atoms with Crippen LogP contribution < -0.4 is 5.32 Å². The van der Waals surface area contributed by atoms with Crippen LogP contribution in [0.3, 0.4) is 0 Å². The molecule has 1 rings (SSSR count). The van der Waals surface area contributed by atoms with Crippen molar-refractivity contribution in [1.29, 1.82) is 0 Å². The molecule has 0 aliphatic heterocycles. The highest BCUT2D eigenvalue weighted by atomic mass is 19.4. The third-order valence-electron chi connectivity index (χ3n) is 3.64. The van der Waals surface area contributed by atoms with Crippen LogP contribution in [0.15, 0.2) is 0 Å². The Bertz CT molecular complexity index is 231. The molecule has 0 heterocycles. The van der Waals surface area contributed by atoms with Gasteiger partial charge in [-0.25, -0.2) is 0 Å². The standard InChI is InChI=1S/C13H25F3N2/c1-3-8-17-12-6-4-5-11(12)10-18(2)9-7-13(14,15)16/h11-12,17H,3-10H2,1-2H3. The molecule has 5 heteroatoms. The van der Waals surface area contributed by atoms with E-state index in [-0.39, 0.29) is 6.54 Å². The predicted octanol–water partition coefficient (Wildman–Crippen LogP) is 3.04. The van der Waals surface area contributed by atoms with Crippen LogP contribution in [-0.4, -0.2) is 43.8 Å². The molecule has 0 saturated heterocycles. The molecule has 1 aliphatic rings. The van der Waals surface area contributed by atoms with Gasteiger partial charge in [0.1, 0.15) is 0 Å². The van der Waals surface area contributed by atoms with Crippen LogP contribution in [-0.2, 0) is 0 Å². The lowest BCUT2D eigenvalue weighted by atomic mass is 10.0. The van der Waals surface area contributed by atoms with Crippen molar-refractivity contribution < 1.29 is 13.2 Å². The molecule has 18 heavy (non-hydrogen) atoms. The molecule has 1 aliphatic carbocycles. The minimum absolute atomic E-state index is 0.112. The Balaban J connectivity index is 2.27. The Morgan fingerprint density at radius 3 is 2.61 bits per heavy atom. The van der Waals surface area contributed by atoms with Crippen LogP contribution in [0, 0.1) is 5.92 Å². The summed E-state index contributed by atoms with van der Waals surface area (Å²) < 4.78 is 36.4. The Morgan fingerprint density at radius 2 is 2.00 bits per heavy atom. The molecule has 1 N–H and O–H groups in total. The van der Waals surface area contributed by atoms with Crippen LogP contribution in [0.1, 0.15) is 39.0 Å². The molecule has 0 spiro atoms. The van der Waals surface area contributed by atoms with E-state index in [2.05, 4.69) is 12.2 Å². The van der Waals surface area contributed by atoms with Crippen molar-refractivity contribution in [1.82, 2.24) is 10.2 Å². The minimum Gasteiger partial charge on any atom is -0.314 e. The van der Waals surface area contributed by atoms with Crippen molar-refractivity contribution in [2.75, 3.05) is 26.7 Å². The Morgan fingerprint density at radius 1 is 1.28 bits per heavy atom. The molecule has 1 saturated carbocycles. The number of hydrogen-bond donors (Lipinski definition) is 1. The van der Waals surface area contributed by atoms with Gasteiger partial charge in [0.15, 0.2) is 0 Å². The third-order valence-corrected chi connectivity index (χ3v) is 3.64. The third kappa shape index (κ3) is 6.05. The van der Waals surface area contributed by atoms with Crippen molar-refractivity contribution in [2.24, 2.45) is 5.92 Å². The minimum atomic E-state index is -4.04. The molecule has 108 valence electrons. The predicted molar refractivity (Wildman–Crippen MR) is 67.6 cm³/mol. The lowest BCUT2D eigenvalue weighted by Crippen LogP contribution is -2.39. The normalized spacial score (nSPS) is 25.0. The SMILES string of the molecule is CCCNC1CCCC1CN(C)CCC(F)(F)F. The highest BCUT2D eigenvalue weighted by Crippen LogP contribution is 2.27. The van der Waals surface area contributed by atoms with E-state index in [0.717, 1.165) is 32.4 Å². The van der Waals surface area contributed by atoms with Gasteiger partial charge in [-0.2, -0.15) is 13.2 Å². The van der Waals surface area contributed by atoms with Gasteiger partial charge < -0.3 is 10.2 Å². The number of nitrogens with zero attached hydrogens (tertiary/aromatic N) is 1. The van der Waals surface area contributed by atoms with Crippen LogP contribution >= 0.6 is 0 Å². The maximum absolute atomic E-state index is 12.1. The molecule has 1 fully saturated rings. The van der Waals surface area contributed by atoms with Gasteiger partial charge in [0.25, 0.3) is 0 Å². The van der Waals surface area contributed by atoms with Gasteiger partial charge >= 0.3 is 6.18 Å². The summed E-state index contributed by atoms with van der Waals surface area (Å²) in [5, 5.41) is 3.51. The molecule has 0 radical (unpaired) electrons. The van der Waals surface area contributed by atoms with Gasteiger partial charge in [-0.1, -0.05) is 13.3 Å². The molecular weight excluding hydrogens is 241 g/mol. The zero-order valence-corrected chi connectivity index (χ0v) is 11.4. The van der Waals surface area contributed by atoms with E-state index in [1.165, 1.54) is 6.42 Å². The molecule has 0 aromatic carbocycles. The zero-order chi connectivity index (χ0) is 13.6. The van der Waals surface area contributed by atoms with Gasteiger partial charge in [-0.3, -0.25) is 0 Å². The first-order valence-electron chi connectivity index (χ1n) is 6.91. The van der Waals surface area contributed by atoms with Gasteiger partial charge in [0.05, 0.1) is 6.42 Å². The topological polar surface area (TPSA) is 15.3 Å². The van der Waals surface area contributed by atoms with Gasteiger partial charge in [0.2, 0.25) is 0 Å². The lowest BCUT2D eigenvalue weighted by Gasteiger charge is -2.26. The summed E-state index contributed by atoms with van der Waals surface area (Å²) in [6, 6.07) is 0.498. The highest BCUT2D eigenvalue weighted by Gasteiger charge is 2.30. The van der Waals surface area contributed by atoms with Gasteiger partial charge in [-0.05, 0) is 38.8 Å². The number of nitrogens with one attached hydrogen (secondary N) is 1. The largest absolute Gasteiger partial charge is 0.390 e. The quantitative estimate of drug-likeness (QED) is 0.762. The first-order chi connectivity index (χ1) is 8.42. The van der Waals surface area contributed by atoms with Crippen molar-refractivity contribution >= 4 is 0 Å². The number of rotatable bonds is 7. The lowest BCUT2D eigenvalue weighted by molar-refractivity contribution is -0.137. The summed E-state index contributed by atoms with van der Waals surface area (Å²) in [5.41, 5.74) is 0. The van der Waals surface area contributed by atoms with E-state index in [1.807, 2.05) is 4.90 Å². The second kappa shape index (κ2) is 7.34. The average molecular weight is 266 g/mol. The summed E-state index contributed by atoms with van der Waals surface area (Å²) in [5.74, 6) is 0.509. The molecule has 0 aromatic rings. The van der Waals surface area contributed by atoms with Crippen molar-refractivity contribution in [2.45, 2.75) is 51.2 Å². The van der Waals surface area contributed by atoms with Crippen LogP contribution in [0.25, 0.3) is 0 Å². The molecule has 2 nitrogen and oxygen atoms in total. The fraction of sp³-hybridized carbons (Fsp3) is 1.00. The highest BCUT2D eigenvalue weighted by molar-refractivity contribution is 4.84. The summed E-state index contributed by atoms with van der Waals surface area (Å²) in [4.78, 5) is 1.82. The maximum Gasteiger partial charge on any atom is 0.390 e. The smallest absolute Gasteiger partial charge is 0.314 e. The Labute approximate surface area is 108 Å². The second-order valence-electron chi connectivity index (χ2n) is 5.38. The van der Waals surface area contributed by atoms with Gasteiger partial charge in [0, 0.05) is 19.1 Å². The molecule has 2 atom stereocenters. The first-order valence-corrected chi connectivity index (χ1v) is 6.91. The molecule has 0 aromatic heterocycles. The van der Waals surface area contributed by atoms with Crippen molar-refractivity contribution in [3.63, 3.8) is 0 Å². The maximum atomic E-state index is 12.1. The van der Waals surface area contributed by atoms with E-state index in [4.69, 9.17) is 0 Å². The van der Waals surface area contributed by atoms with Crippen LogP contribution in [0.2, 0.25) is 0 Å². The molecule has 0 amide bonds. The molecule has 2 unspecified atom stereocenters. The summed E-state index contributed by atoms with van der Waals surface area (Å²) in [7, 11) is 1.79. The average Bonchev–Trinajstić information content (AvgIpc) is 2.70. The van der Waals surface area contributed by atoms with Crippen molar-refractivity contribution in [3.8, 4) is 0 Å². The second-order valence-corrected chi connectivity index (χ2v) is 5.38. The summed E-state index contributed by atoms with van der Waals surface area (Å²) >= 11 is 0. The van der Waals surface area contributed by atoms with E-state index >= 15 is 0 Å². The Kier molecular flexibility index (Phi) is 6.43. The number of halogens is 3. The molecule has 0 bridgehead atoms. The fourth-order valence-electron chi connectivity index (χ4n) is 2.66.